The number of ether oxygens (including phenoxy) is 1. The highest BCUT2D eigenvalue weighted by Gasteiger charge is 2.31. The lowest BCUT2D eigenvalue weighted by atomic mass is 10.2. The topological polar surface area (TPSA) is 72.0 Å². The third kappa shape index (κ3) is 2.67. The minimum Gasteiger partial charge on any atom is -0.406 e. The third-order valence-electron chi connectivity index (χ3n) is 1.97. The Hall–Kier alpha value is -1.48. The van der Waals surface area contributed by atoms with Gasteiger partial charge in [-0.3, -0.25) is 5.10 Å². The molecule has 0 aliphatic heterocycles. The number of halogens is 4. The predicted molar refractivity (Wildman–Crippen MR) is 55.8 cm³/mol. The molecule has 1 N–H and O–H groups in total. The number of rotatable bonds is 2. The van der Waals surface area contributed by atoms with Crippen molar-refractivity contribution in [3.63, 3.8) is 0 Å². The fourth-order valence-corrected chi connectivity index (χ4v) is 2.28. The van der Waals surface area contributed by atoms with E-state index in [1.807, 2.05) is 0 Å². The van der Waals surface area contributed by atoms with Crippen molar-refractivity contribution in [1.82, 2.24) is 10.2 Å². The van der Waals surface area contributed by atoms with E-state index >= 15 is 0 Å². The van der Waals surface area contributed by atoms with Gasteiger partial charge in [0.2, 0.25) is 0 Å². The van der Waals surface area contributed by atoms with E-state index < -0.39 is 26.2 Å². The molecule has 0 saturated carbocycles. The number of aromatic nitrogens is 2. The summed E-state index contributed by atoms with van der Waals surface area (Å²) in [6, 6.07) is 3.08. The molecule has 0 atom stereocenters. The molecule has 0 fully saturated rings. The van der Waals surface area contributed by atoms with Crippen molar-refractivity contribution >= 4 is 30.6 Å². The van der Waals surface area contributed by atoms with Gasteiger partial charge in [0.05, 0.1) is 5.52 Å². The molecule has 1 aromatic heterocycles. The maximum Gasteiger partial charge on any atom is 0.573 e. The number of benzene rings is 1. The van der Waals surface area contributed by atoms with E-state index in [9.17, 15) is 21.6 Å². The standard InChI is InChI=1S/C8H4ClF3N2O3S/c9-18(15,16)7-5-3-4(17-8(10,11)12)1-2-6(5)13-14-7/h1-3H,(H,13,14). The molecule has 10 heteroatoms. The molecular weight excluding hydrogens is 297 g/mol. The highest BCUT2D eigenvalue weighted by atomic mass is 35.7. The molecule has 0 spiro atoms. The van der Waals surface area contributed by atoms with Gasteiger partial charge < -0.3 is 4.74 Å². The summed E-state index contributed by atoms with van der Waals surface area (Å²) in [7, 11) is 0.973. The molecule has 2 aromatic rings. The van der Waals surface area contributed by atoms with Crippen molar-refractivity contribution in [2.24, 2.45) is 0 Å². The van der Waals surface area contributed by atoms with Crippen LogP contribution in [0.25, 0.3) is 10.9 Å². The number of hydrogen-bond acceptors (Lipinski definition) is 4. The summed E-state index contributed by atoms with van der Waals surface area (Å²) in [5.41, 5.74) is 0.156. The Morgan fingerprint density at radius 3 is 2.56 bits per heavy atom. The van der Waals surface area contributed by atoms with Crippen LogP contribution in [0.3, 0.4) is 0 Å². The molecular formula is C8H4ClF3N2O3S. The molecule has 0 unspecified atom stereocenters. The fraction of sp³-hybridized carbons (Fsp3) is 0.125. The molecule has 18 heavy (non-hydrogen) atoms. The molecule has 0 saturated heterocycles. The lowest BCUT2D eigenvalue weighted by Gasteiger charge is -2.08. The summed E-state index contributed by atoms with van der Waals surface area (Å²) in [6.45, 7) is 0. The van der Waals surface area contributed by atoms with Gasteiger partial charge in [-0.2, -0.15) is 5.10 Å². The second-order valence-electron chi connectivity index (χ2n) is 3.22. The van der Waals surface area contributed by atoms with Crippen LogP contribution >= 0.6 is 10.7 Å². The first-order valence-corrected chi connectivity index (χ1v) is 6.66. The molecule has 0 amide bonds. The summed E-state index contributed by atoms with van der Waals surface area (Å²) >= 11 is 0. The van der Waals surface area contributed by atoms with E-state index in [0.29, 0.717) is 0 Å². The Bertz CT molecular complexity index is 695. The van der Waals surface area contributed by atoms with E-state index in [4.69, 9.17) is 10.7 Å². The van der Waals surface area contributed by atoms with Crippen molar-refractivity contribution in [2.75, 3.05) is 0 Å². The van der Waals surface area contributed by atoms with Crippen LogP contribution in [-0.2, 0) is 9.05 Å². The molecule has 0 radical (unpaired) electrons. The monoisotopic (exact) mass is 300 g/mol. The normalized spacial score (nSPS) is 12.9. The summed E-state index contributed by atoms with van der Waals surface area (Å²) in [5, 5.41) is 5.18. The zero-order valence-corrected chi connectivity index (χ0v) is 9.90. The van der Waals surface area contributed by atoms with Crippen LogP contribution in [0.15, 0.2) is 23.2 Å². The van der Waals surface area contributed by atoms with Crippen molar-refractivity contribution in [3.05, 3.63) is 18.2 Å². The zero-order valence-electron chi connectivity index (χ0n) is 8.32. The van der Waals surface area contributed by atoms with E-state index in [1.165, 1.54) is 6.07 Å². The molecule has 2 rings (SSSR count). The first kappa shape index (κ1) is 13.0. The Balaban J connectivity index is 2.56. The van der Waals surface area contributed by atoms with Crippen LogP contribution in [0.5, 0.6) is 5.75 Å². The van der Waals surface area contributed by atoms with Gasteiger partial charge in [-0.15, -0.1) is 13.2 Å². The Morgan fingerprint density at radius 1 is 1.33 bits per heavy atom. The summed E-state index contributed by atoms with van der Waals surface area (Å²) in [5.74, 6) is -0.557. The van der Waals surface area contributed by atoms with Crippen LogP contribution in [0.1, 0.15) is 0 Å². The predicted octanol–water partition coefficient (Wildman–Crippen LogP) is 2.39. The van der Waals surface area contributed by atoms with Crippen molar-refractivity contribution in [1.29, 1.82) is 0 Å². The van der Waals surface area contributed by atoms with Crippen LogP contribution in [0.4, 0.5) is 13.2 Å². The largest absolute Gasteiger partial charge is 0.573 e. The minimum absolute atomic E-state index is 0.0771. The van der Waals surface area contributed by atoms with Gasteiger partial charge in [0.15, 0.2) is 5.03 Å². The van der Waals surface area contributed by atoms with E-state index in [2.05, 4.69) is 14.9 Å². The Labute approximate surface area is 103 Å². The number of nitrogens with zero attached hydrogens (tertiary/aromatic N) is 1. The van der Waals surface area contributed by atoms with Gasteiger partial charge in [0.1, 0.15) is 5.75 Å². The van der Waals surface area contributed by atoms with Crippen molar-refractivity contribution in [3.8, 4) is 5.75 Å². The average molecular weight is 301 g/mol. The maximum atomic E-state index is 12.0. The van der Waals surface area contributed by atoms with Crippen LogP contribution in [-0.4, -0.2) is 25.0 Å². The number of H-pyrrole nitrogens is 1. The number of hydrogen-bond donors (Lipinski definition) is 1. The van der Waals surface area contributed by atoms with E-state index in [0.717, 1.165) is 12.1 Å². The fourth-order valence-electron chi connectivity index (χ4n) is 1.35. The van der Waals surface area contributed by atoms with Gasteiger partial charge in [0, 0.05) is 16.1 Å². The van der Waals surface area contributed by atoms with Crippen LogP contribution < -0.4 is 4.74 Å². The first-order chi connectivity index (χ1) is 8.17. The van der Waals surface area contributed by atoms with Gasteiger partial charge in [-0.1, -0.05) is 0 Å². The van der Waals surface area contributed by atoms with E-state index in [-0.39, 0.29) is 10.9 Å². The maximum absolute atomic E-state index is 12.0. The lowest BCUT2D eigenvalue weighted by Crippen LogP contribution is -2.17. The Morgan fingerprint density at radius 2 is 2.00 bits per heavy atom. The number of alkyl halides is 3. The third-order valence-corrected chi connectivity index (χ3v) is 3.23. The number of aromatic amines is 1. The van der Waals surface area contributed by atoms with Gasteiger partial charge >= 0.3 is 6.36 Å². The molecule has 0 aliphatic rings. The van der Waals surface area contributed by atoms with Crippen LogP contribution in [0, 0.1) is 0 Å². The highest BCUT2D eigenvalue weighted by molar-refractivity contribution is 8.13. The average Bonchev–Trinajstić information content (AvgIpc) is 2.56. The smallest absolute Gasteiger partial charge is 0.406 e. The summed E-state index contributed by atoms with van der Waals surface area (Å²) in [6.07, 6.45) is -4.86. The van der Waals surface area contributed by atoms with E-state index in [1.54, 1.807) is 0 Å². The van der Waals surface area contributed by atoms with Gasteiger partial charge in [-0.25, -0.2) is 8.42 Å². The first-order valence-electron chi connectivity index (χ1n) is 4.35. The summed E-state index contributed by atoms with van der Waals surface area (Å²) < 4.78 is 62.0. The summed E-state index contributed by atoms with van der Waals surface area (Å²) in [4.78, 5) is 0. The second kappa shape index (κ2) is 4.02. The van der Waals surface area contributed by atoms with Gasteiger partial charge in [0.25, 0.3) is 9.05 Å². The molecule has 1 aromatic carbocycles. The number of nitrogens with one attached hydrogen (secondary N) is 1. The van der Waals surface area contributed by atoms with Crippen molar-refractivity contribution in [2.45, 2.75) is 11.4 Å². The number of fused-ring (bicyclic) bond motifs is 1. The Kier molecular flexibility index (Phi) is 2.90. The molecule has 0 bridgehead atoms. The SMILES string of the molecule is O=S(=O)(Cl)c1[nH]nc2ccc(OC(F)(F)F)cc12. The highest BCUT2D eigenvalue weighted by Crippen LogP contribution is 2.29. The lowest BCUT2D eigenvalue weighted by molar-refractivity contribution is -0.274. The molecule has 1 heterocycles. The van der Waals surface area contributed by atoms with Gasteiger partial charge in [-0.05, 0) is 18.2 Å². The van der Waals surface area contributed by atoms with Crippen molar-refractivity contribution < 1.29 is 26.3 Å². The van der Waals surface area contributed by atoms with Crippen LogP contribution in [0.2, 0.25) is 0 Å². The molecule has 0 aliphatic carbocycles. The zero-order chi connectivity index (χ0) is 13.6. The quantitative estimate of drug-likeness (QED) is 0.864. The molecule has 98 valence electrons. The molecule has 5 nitrogen and oxygen atoms in total. The second-order valence-corrected chi connectivity index (χ2v) is 5.72. The minimum atomic E-state index is -4.86.